The summed E-state index contributed by atoms with van der Waals surface area (Å²) >= 11 is 13.6. The Labute approximate surface area is 92.8 Å². The molecule has 1 N–H and O–H groups in total. The summed E-state index contributed by atoms with van der Waals surface area (Å²) in [6.07, 6.45) is 2.07. The number of halogens is 2. The highest BCUT2D eigenvalue weighted by molar-refractivity contribution is 7.98. The second-order valence-corrected chi connectivity index (χ2v) is 4.29. The molecule has 0 saturated heterocycles. The van der Waals surface area contributed by atoms with Gasteiger partial charge in [-0.15, -0.1) is 0 Å². The summed E-state index contributed by atoms with van der Waals surface area (Å²) in [6.45, 7) is 0.904. The third kappa shape index (κ3) is 3.29. The van der Waals surface area contributed by atoms with Gasteiger partial charge in [-0.25, -0.2) is 0 Å². The minimum Gasteiger partial charge on any atom is -0.383 e. The number of thioether (sulfide) groups is 1. The quantitative estimate of drug-likeness (QED) is 0.798. The summed E-state index contributed by atoms with van der Waals surface area (Å²) in [5, 5.41) is 4.41. The molecule has 0 radical (unpaired) electrons. The van der Waals surface area contributed by atoms with Gasteiger partial charge in [-0.2, -0.15) is 11.8 Å². The van der Waals surface area contributed by atoms with Gasteiger partial charge in [-0.05, 0) is 18.4 Å². The van der Waals surface area contributed by atoms with E-state index in [1.54, 1.807) is 17.8 Å². The van der Waals surface area contributed by atoms with Crippen LogP contribution in [0.4, 0.5) is 5.69 Å². The highest BCUT2D eigenvalue weighted by Crippen LogP contribution is 2.29. The number of nitrogens with one attached hydrogen (secondary N) is 1. The highest BCUT2D eigenvalue weighted by atomic mass is 35.5. The molecule has 0 amide bonds. The summed E-state index contributed by atoms with van der Waals surface area (Å²) < 4.78 is 0. The van der Waals surface area contributed by atoms with Crippen molar-refractivity contribution in [2.75, 3.05) is 23.9 Å². The number of anilines is 1. The molecule has 0 bridgehead atoms. The van der Waals surface area contributed by atoms with Gasteiger partial charge in [-0.1, -0.05) is 29.3 Å². The number of benzene rings is 1. The van der Waals surface area contributed by atoms with Gasteiger partial charge in [0.25, 0.3) is 0 Å². The normalized spacial score (nSPS) is 10.1. The van der Waals surface area contributed by atoms with Gasteiger partial charge in [-0.3, -0.25) is 0 Å². The van der Waals surface area contributed by atoms with Crippen molar-refractivity contribution in [2.45, 2.75) is 0 Å². The maximum absolute atomic E-state index is 5.97. The van der Waals surface area contributed by atoms with Crippen LogP contribution in [0.15, 0.2) is 18.2 Å². The van der Waals surface area contributed by atoms with Crippen molar-refractivity contribution >= 4 is 40.7 Å². The van der Waals surface area contributed by atoms with Crippen molar-refractivity contribution < 1.29 is 0 Å². The minimum atomic E-state index is 0.593. The Morgan fingerprint density at radius 3 is 2.85 bits per heavy atom. The molecule has 72 valence electrons. The van der Waals surface area contributed by atoms with E-state index in [2.05, 4.69) is 11.6 Å². The van der Waals surface area contributed by atoms with Crippen molar-refractivity contribution in [3.63, 3.8) is 0 Å². The van der Waals surface area contributed by atoms with E-state index in [1.807, 2.05) is 12.1 Å². The summed E-state index contributed by atoms with van der Waals surface area (Å²) in [6, 6.07) is 5.59. The second-order valence-electron chi connectivity index (χ2n) is 2.52. The SMILES string of the molecule is CSCCNc1cccc(Cl)c1Cl. The summed E-state index contributed by atoms with van der Waals surface area (Å²) in [7, 11) is 0. The van der Waals surface area contributed by atoms with E-state index in [0.29, 0.717) is 10.0 Å². The molecule has 0 atom stereocenters. The summed E-state index contributed by atoms with van der Waals surface area (Å²) in [4.78, 5) is 0. The van der Waals surface area contributed by atoms with Crippen LogP contribution < -0.4 is 5.32 Å². The standard InChI is InChI=1S/C9H11Cl2NS/c1-13-6-5-12-8-4-2-3-7(10)9(8)11/h2-4,12H,5-6H2,1H3. The van der Waals surface area contributed by atoms with Crippen LogP contribution in [0.25, 0.3) is 0 Å². The van der Waals surface area contributed by atoms with Crippen LogP contribution in [0.5, 0.6) is 0 Å². The molecule has 1 aromatic rings. The predicted octanol–water partition coefficient (Wildman–Crippen LogP) is 3.77. The van der Waals surface area contributed by atoms with Crippen LogP contribution in [0.1, 0.15) is 0 Å². The lowest BCUT2D eigenvalue weighted by Crippen LogP contribution is -2.03. The molecule has 1 aromatic carbocycles. The van der Waals surface area contributed by atoms with Crippen LogP contribution >= 0.6 is 35.0 Å². The predicted molar refractivity (Wildman–Crippen MR) is 63.3 cm³/mol. The molecule has 13 heavy (non-hydrogen) atoms. The molecule has 1 nitrogen and oxygen atoms in total. The van der Waals surface area contributed by atoms with Crippen molar-refractivity contribution in [3.8, 4) is 0 Å². The maximum Gasteiger partial charge on any atom is 0.0823 e. The van der Waals surface area contributed by atoms with Gasteiger partial charge in [0, 0.05) is 12.3 Å². The molecule has 0 unspecified atom stereocenters. The Morgan fingerprint density at radius 2 is 2.15 bits per heavy atom. The van der Waals surface area contributed by atoms with Gasteiger partial charge >= 0.3 is 0 Å². The first-order valence-corrected chi connectivity index (χ1v) is 6.07. The zero-order valence-electron chi connectivity index (χ0n) is 7.31. The average Bonchev–Trinajstić information content (AvgIpc) is 2.13. The Balaban J connectivity index is 2.61. The molecule has 0 aliphatic heterocycles. The monoisotopic (exact) mass is 235 g/mol. The molecular formula is C9H11Cl2NS. The Morgan fingerprint density at radius 1 is 1.38 bits per heavy atom. The fourth-order valence-corrected chi connectivity index (χ4v) is 1.60. The molecule has 0 aliphatic rings. The van der Waals surface area contributed by atoms with Gasteiger partial charge in [0.2, 0.25) is 0 Å². The average molecular weight is 236 g/mol. The van der Waals surface area contributed by atoms with Crippen LogP contribution in [-0.2, 0) is 0 Å². The number of hydrogen-bond acceptors (Lipinski definition) is 2. The minimum absolute atomic E-state index is 0.593. The zero-order valence-corrected chi connectivity index (χ0v) is 9.64. The van der Waals surface area contributed by atoms with E-state index in [1.165, 1.54) is 0 Å². The fraction of sp³-hybridized carbons (Fsp3) is 0.333. The van der Waals surface area contributed by atoms with Crippen molar-refractivity contribution in [1.29, 1.82) is 0 Å². The Hall–Kier alpha value is -0.0500. The van der Waals surface area contributed by atoms with Crippen LogP contribution in [0.2, 0.25) is 10.0 Å². The van der Waals surface area contributed by atoms with E-state index < -0.39 is 0 Å². The lowest BCUT2D eigenvalue weighted by molar-refractivity contribution is 1.23. The Bertz CT molecular complexity index is 278. The largest absolute Gasteiger partial charge is 0.383 e. The Kier molecular flexibility index (Phi) is 4.78. The van der Waals surface area contributed by atoms with E-state index in [0.717, 1.165) is 18.0 Å². The number of rotatable bonds is 4. The van der Waals surface area contributed by atoms with Gasteiger partial charge in [0.1, 0.15) is 0 Å². The third-order valence-corrected chi connectivity index (χ3v) is 3.00. The smallest absolute Gasteiger partial charge is 0.0823 e. The topological polar surface area (TPSA) is 12.0 Å². The van der Waals surface area contributed by atoms with Crippen LogP contribution in [-0.4, -0.2) is 18.6 Å². The van der Waals surface area contributed by atoms with E-state index >= 15 is 0 Å². The lowest BCUT2D eigenvalue weighted by atomic mass is 10.3. The molecule has 0 saturated carbocycles. The molecule has 0 fully saturated rings. The van der Waals surface area contributed by atoms with E-state index in [-0.39, 0.29) is 0 Å². The molecule has 1 rings (SSSR count). The first-order chi connectivity index (χ1) is 6.25. The zero-order chi connectivity index (χ0) is 9.68. The molecule has 0 spiro atoms. The maximum atomic E-state index is 5.97. The number of hydrogen-bond donors (Lipinski definition) is 1. The van der Waals surface area contributed by atoms with Gasteiger partial charge in [0.15, 0.2) is 0 Å². The van der Waals surface area contributed by atoms with E-state index in [9.17, 15) is 0 Å². The molecule has 0 aromatic heterocycles. The summed E-state index contributed by atoms with van der Waals surface area (Å²) in [5.41, 5.74) is 0.906. The van der Waals surface area contributed by atoms with Gasteiger partial charge in [0.05, 0.1) is 15.7 Å². The first kappa shape index (κ1) is 11.0. The summed E-state index contributed by atoms with van der Waals surface area (Å²) in [5.74, 6) is 1.06. The van der Waals surface area contributed by atoms with Gasteiger partial charge < -0.3 is 5.32 Å². The molecule has 0 heterocycles. The fourth-order valence-electron chi connectivity index (χ4n) is 0.928. The molecule has 0 aliphatic carbocycles. The van der Waals surface area contributed by atoms with Crippen LogP contribution in [0.3, 0.4) is 0 Å². The van der Waals surface area contributed by atoms with E-state index in [4.69, 9.17) is 23.2 Å². The lowest BCUT2D eigenvalue weighted by Gasteiger charge is -2.07. The third-order valence-electron chi connectivity index (χ3n) is 1.57. The van der Waals surface area contributed by atoms with Crippen LogP contribution in [0, 0.1) is 0 Å². The highest BCUT2D eigenvalue weighted by Gasteiger charge is 2.02. The van der Waals surface area contributed by atoms with Crippen molar-refractivity contribution in [3.05, 3.63) is 28.2 Å². The molecule has 4 heteroatoms. The van der Waals surface area contributed by atoms with Crippen molar-refractivity contribution in [1.82, 2.24) is 0 Å². The van der Waals surface area contributed by atoms with Crippen molar-refractivity contribution in [2.24, 2.45) is 0 Å². The second kappa shape index (κ2) is 5.63. The molecular weight excluding hydrogens is 225 g/mol. The first-order valence-electron chi connectivity index (χ1n) is 3.92.